The number of aliphatic hydroxyl groups is 1. The molecule has 2 aliphatic rings. The SMILES string of the molecule is O=C1C(=O)N(C[C@H]2CCCO2)[C@H](c2cccc(O)c2)C1=C(O)c1ccc(Br)cc1. The molecule has 29 heavy (non-hydrogen) atoms. The van der Waals surface area contributed by atoms with Crippen LogP contribution in [-0.2, 0) is 14.3 Å². The molecule has 150 valence electrons. The number of aromatic hydroxyl groups is 1. The average Bonchev–Trinajstić information content (AvgIpc) is 3.30. The Morgan fingerprint density at radius 2 is 1.93 bits per heavy atom. The highest BCUT2D eigenvalue weighted by Crippen LogP contribution is 2.40. The Bertz CT molecular complexity index is 979. The first-order valence-electron chi connectivity index (χ1n) is 9.40. The number of Topliss-reactive ketones (excluding diaryl/α,β-unsaturated/α-hetero) is 1. The number of carbonyl (C=O) groups excluding carboxylic acids is 2. The topological polar surface area (TPSA) is 87.1 Å². The number of ether oxygens (including phenoxy) is 1. The van der Waals surface area contributed by atoms with E-state index in [1.165, 1.54) is 17.0 Å². The summed E-state index contributed by atoms with van der Waals surface area (Å²) in [5, 5.41) is 20.9. The Morgan fingerprint density at radius 1 is 1.17 bits per heavy atom. The van der Waals surface area contributed by atoms with Crippen molar-refractivity contribution in [1.82, 2.24) is 4.90 Å². The standard InChI is InChI=1S/C22H20BrNO5/c23-15-8-6-13(7-9-15)20(26)18-19(14-3-1-4-16(25)11-14)24(22(28)21(18)27)12-17-5-2-10-29-17/h1,3-4,6-9,11,17,19,25-26H,2,5,10,12H2/t17-,19-/m1/s1. The van der Waals surface area contributed by atoms with E-state index in [1.54, 1.807) is 36.4 Å². The van der Waals surface area contributed by atoms with Gasteiger partial charge in [-0.3, -0.25) is 9.59 Å². The molecule has 2 atom stereocenters. The highest BCUT2D eigenvalue weighted by atomic mass is 79.9. The van der Waals surface area contributed by atoms with Crippen molar-refractivity contribution < 1.29 is 24.5 Å². The molecule has 0 radical (unpaired) electrons. The van der Waals surface area contributed by atoms with Crippen LogP contribution in [0.2, 0.25) is 0 Å². The molecule has 2 N–H and O–H groups in total. The van der Waals surface area contributed by atoms with Crippen LogP contribution in [-0.4, -0.2) is 46.1 Å². The maximum Gasteiger partial charge on any atom is 0.295 e. The van der Waals surface area contributed by atoms with Crippen molar-refractivity contribution in [3.63, 3.8) is 0 Å². The van der Waals surface area contributed by atoms with Gasteiger partial charge in [-0.25, -0.2) is 0 Å². The number of ketones is 1. The van der Waals surface area contributed by atoms with Crippen LogP contribution >= 0.6 is 15.9 Å². The maximum atomic E-state index is 12.9. The van der Waals surface area contributed by atoms with Crippen LogP contribution in [0.25, 0.3) is 5.76 Å². The third kappa shape index (κ3) is 3.80. The Kier molecular flexibility index (Phi) is 5.43. The van der Waals surface area contributed by atoms with Gasteiger partial charge < -0.3 is 19.8 Å². The second-order valence-electron chi connectivity index (χ2n) is 7.19. The van der Waals surface area contributed by atoms with Gasteiger partial charge in [0.05, 0.1) is 17.7 Å². The van der Waals surface area contributed by atoms with Gasteiger partial charge in [-0.1, -0.05) is 40.2 Å². The predicted octanol–water partition coefficient (Wildman–Crippen LogP) is 3.76. The van der Waals surface area contributed by atoms with E-state index >= 15 is 0 Å². The molecule has 2 aromatic rings. The molecule has 1 amide bonds. The third-order valence-electron chi connectivity index (χ3n) is 5.27. The van der Waals surface area contributed by atoms with E-state index in [0.717, 1.165) is 17.3 Å². The largest absolute Gasteiger partial charge is 0.508 e. The van der Waals surface area contributed by atoms with Gasteiger partial charge in [0.2, 0.25) is 0 Å². The van der Waals surface area contributed by atoms with Crippen LogP contribution in [0.4, 0.5) is 0 Å². The van der Waals surface area contributed by atoms with E-state index in [0.29, 0.717) is 17.7 Å². The first kappa shape index (κ1) is 19.7. The number of hydrogen-bond acceptors (Lipinski definition) is 5. The summed E-state index contributed by atoms with van der Waals surface area (Å²) in [5.41, 5.74) is 1.01. The van der Waals surface area contributed by atoms with Gasteiger partial charge in [-0.2, -0.15) is 0 Å². The smallest absolute Gasteiger partial charge is 0.295 e. The van der Waals surface area contributed by atoms with Crippen LogP contribution in [0, 0.1) is 0 Å². The highest BCUT2D eigenvalue weighted by Gasteiger charge is 2.47. The maximum absolute atomic E-state index is 12.9. The first-order chi connectivity index (χ1) is 14.0. The number of halogens is 1. The van der Waals surface area contributed by atoms with E-state index in [-0.39, 0.29) is 29.7 Å². The molecule has 2 fully saturated rings. The summed E-state index contributed by atoms with van der Waals surface area (Å²) in [5.74, 6) is -1.63. The molecule has 4 rings (SSSR count). The molecular weight excluding hydrogens is 438 g/mol. The zero-order chi connectivity index (χ0) is 20.5. The lowest BCUT2D eigenvalue weighted by atomic mass is 9.95. The Morgan fingerprint density at radius 3 is 2.59 bits per heavy atom. The summed E-state index contributed by atoms with van der Waals surface area (Å²) in [6.07, 6.45) is 1.56. The van der Waals surface area contributed by atoms with Crippen molar-refractivity contribution >= 4 is 33.4 Å². The van der Waals surface area contributed by atoms with Crippen LogP contribution in [0.15, 0.2) is 58.6 Å². The number of likely N-dealkylation sites (tertiary alicyclic amines) is 1. The van der Waals surface area contributed by atoms with Crippen molar-refractivity contribution in [2.24, 2.45) is 0 Å². The molecular formula is C22H20BrNO5. The molecule has 0 spiro atoms. The molecule has 2 saturated heterocycles. The van der Waals surface area contributed by atoms with Crippen molar-refractivity contribution in [3.8, 4) is 5.75 Å². The molecule has 0 bridgehead atoms. The zero-order valence-corrected chi connectivity index (χ0v) is 17.1. The number of benzene rings is 2. The fraction of sp³-hybridized carbons (Fsp3) is 0.273. The second-order valence-corrected chi connectivity index (χ2v) is 8.10. The van der Waals surface area contributed by atoms with Crippen molar-refractivity contribution in [2.45, 2.75) is 25.0 Å². The molecule has 2 heterocycles. The Hall–Kier alpha value is -2.64. The number of amides is 1. The summed E-state index contributed by atoms with van der Waals surface area (Å²) < 4.78 is 6.49. The predicted molar refractivity (Wildman–Crippen MR) is 110 cm³/mol. The normalized spacial score (nSPS) is 23.7. The van der Waals surface area contributed by atoms with Gasteiger partial charge in [-0.15, -0.1) is 0 Å². The fourth-order valence-corrected chi connectivity index (χ4v) is 4.15. The zero-order valence-electron chi connectivity index (χ0n) is 15.5. The average molecular weight is 458 g/mol. The molecule has 0 aromatic heterocycles. The van der Waals surface area contributed by atoms with Crippen molar-refractivity contribution in [2.75, 3.05) is 13.2 Å². The van der Waals surface area contributed by atoms with Crippen LogP contribution < -0.4 is 0 Å². The van der Waals surface area contributed by atoms with E-state index in [1.807, 2.05) is 0 Å². The lowest BCUT2D eigenvalue weighted by Gasteiger charge is -2.27. The Labute approximate surface area is 176 Å². The molecule has 2 aliphatic heterocycles. The molecule has 0 aliphatic carbocycles. The van der Waals surface area contributed by atoms with Gasteiger partial charge in [0.15, 0.2) is 0 Å². The van der Waals surface area contributed by atoms with E-state index in [2.05, 4.69) is 15.9 Å². The number of aliphatic hydroxyl groups excluding tert-OH is 1. The van der Waals surface area contributed by atoms with E-state index < -0.39 is 17.7 Å². The second kappa shape index (κ2) is 8.00. The highest BCUT2D eigenvalue weighted by molar-refractivity contribution is 9.10. The van der Waals surface area contributed by atoms with Gasteiger partial charge >= 0.3 is 0 Å². The quantitative estimate of drug-likeness (QED) is 0.414. The monoisotopic (exact) mass is 457 g/mol. The lowest BCUT2D eigenvalue weighted by molar-refractivity contribution is -0.140. The van der Waals surface area contributed by atoms with Gasteiger partial charge in [0.25, 0.3) is 11.7 Å². The van der Waals surface area contributed by atoms with E-state index in [9.17, 15) is 19.8 Å². The molecule has 7 heteroatoms. The number of nitrogens with zero attached hydrogens (tertiary/aromatic N) is 1. The number of carbonyl (C=O) groups is 2. The molecule has 6 nitrogen and oxygen atoms in total. The third-order valence-corrected chi connectivity index (χ3v) is 5.80. The van der Waals surface area contributed by atoms with Crippen LogP contribution in [0.1, 0.15) is 30.0 Å². The lowest BCUT2D eigenvalue weighted by Crippen LogP contribution is -2.36. The van der Waals surface area contributed by atoms with Gasteiger partial charge in [-0.05, 0) is 42.7 Å². The number of hydrogen-bond donors (Lipinski definition) is 2. The number of phenols is 1. The van der Waals surface area contributed by atoms with Crippen molar-refractivity contribution in [1.29, 1.82) is 0 Å². The molecule has 2 aromatic carbocycles. The minimum atomic E-state index is -0.796. The fourth-order valence-electron chi connectivity index (χ4n) is 3.88. The summed E-state index contributed by atoms with van der Waals surface area (Å²) >= 11 is 3.35. The van der Waals surface area contributed by atoms with Gasteiger partial charge in [0.1, 0.15) is 11.5 Å². The van der Waals surface area contributed by atoms with Crippen molar-refractivity contribution in [3.05, 3.63) is 69.7 Å². The Balaban J connectivity index is 1.83. The summed E-state index contributed by atoms with van der Waals surface area (Å²) in [7, 11) is 0. The van der Waals surface area contributed by atoms with Gasteiger partial charge in [0, 0.05) is 23.2 Å². The minimum absolute atomic E-state index is 0.0147. The molecule has 0 unspecified atom stereocenters. The van der Waals surface area contributed by atoms with Crippen LogP contribution in [0.5, 0.6) is 5.75 Å². The summed E-state index contributed by atoms with van der Waals surface area (Å²) in [4.78, 5) is 27.2. The van der Waals surface area contributed by atoms with Crippen LogP contribution in [0.3, 0.4) is 0 Å². The summed E-state index contributed by atoms with van der Waals surface area (Å²) in [6.45, 7) is 0.881. The number of phenolic OH excluding ortho intramolecular Hbond substituents is 1. The van der Waals surface area contributed by atoms with E-state index in [4.69, 9.17) is 4.74 Å². The summed E-state index contributed by atoms with van der Waals surface area (Å²) in [6, 6.07) is 12.5. The number of rotatable bonds is 4. The first-order valence-corrected chi connectivity index (χ1v) is 10.2. The molecule has 0 saturated carbocycles. The minimum Gasteiger partial charge on any atom is -0.508 e.